The van der Waals surface area contributed by atoms with Crippen molar-refractivity contribution in [1.29, 1.82) is 0 Å². The molecule has 3 heterocycles. The number of thiazole rings is 1. The molecular weight excluding hydrogens is 573 g/mol. The largest absolute Gasteiger partial charge is 0.388 e. The first-order chi connectivity index (χ1) is 20.2. The second-order valence-electron chi connectivity index (χ2n) is 11.9. The van der Waals surface area contributed by atoms with E-state index >= 15 is 0 Å². The van der Waals surface area contributed by atoms with Crippen LogP contribution in [0.15, 0.2) is 47.5 Å². The maximum absolute atomic E-state index is 13.1. The van der Waals surface area contributed by atoms with Gasteiger partial charge in [0.2, 0.25) is 5.95 Å². The van der Waals surface area contributed by atoms with Gasteiger partial charge >= 0.3 is 0 Å². The van der Waals surface area contributed by atoms with Crippen LogP contribution < -0.4 is 10.6 Å². The standard InChI is InChI=1S/C30H34N6O4S2/c1-17-23(28-34-25-22(41-28)12-14-31-24(25)19-9-10-19)27(35-29(33-17)32-15-18-7-8-18)36-30(38)13-11-20(26(30)37)16-42(39,40)21-5-3-2-4-6-21/h2-6,12,14,18-20,26,37-38H,7-11,13,15-16H2,1H3,(H2,32,33,35,36). The van der Waals surface area contributed by atoms with Crippen LogP contribution >= 0.6 is 11.3 Å². The van der Waals surface area contributed by atoms with Crippen LogP contribution in [0.4, 0.5) is 11.8 Å². The molecule has 4 N–H and O–H groups in total. The van der Waals surface area contributed by atoms with Crippen LogP contribution in [-0.2, 0) is 9.84 Å². The number of fused-ring (bicyclic) bond motifs is 1. The summed E-state index contributed by atoms with van der Waals surface area (Å²) in [5.41, 5.74) is 1.45. The molecule has 12 heteroatoms. The second kappa shape index (κ2) is 10.5. The second-order valence-corrected chi connectivity index (χ2v) is 15.0. The molecule has 220 valence electrons. The molecule has 0 amide bonds. The third kappa shape index (κ3) is 5.36. The smallest absolute Gasteiger partial charge is 0.224 e. The Morgan fingerprint density at radius 2 is 1.83 bits per heavy atom. The van der Waals surface area contributed by atoms with Gasteiger partial charge in [-0.25, -0.2) is 18.4 Å². The maximum Gasteiger partial charge on any atom is 0.224 e. The molecular formula is C30H34N6O4S2. The first-order valence-corrected chi connectivity index (χ1v) is 17.0. The summed E-state index contributed by atoms with van der Waals surface area (Å²) in [7, 11) is -3.64. The van der Waals surface area contributed by atoms with Crippen molar-refractivity contribution in [3.05, 3.63) is 54.0 Å². The van der Waals surface area contributed by atoms with Gasteiger partial charge < -0.3 is 20.8 Å². The van der Waals surface area contributed by atoms with Gasteiger partial charge in [-0.15, -0.1) is 11.3 Å². The molecule has 0 spiro atoms. The van der Waals surface area contributed by atoms with Crippen molar-refractivity contribution < 1.29 is 18.6 Å². The van der Waals surface area contributed by atoms with E-state index in [1.165, 1.54) is 24.2 Å². The Morgan fingerprint density at radius 1 is 1.05 bits per heavy atom. The highest BCUT2D eigenvalue weighted by Crippen LogP contribution is 2.45. The molecule has 3 fully saturated rings. The van der Waals surface area contributed by atoms with E-state index in [1.54, 1.807) is 30.3 Å². The predicted octanol–water partition coefficient (Wildman–Crippen LogP) is 4.50. The Kier molecular flexibility index (Phi) is 6.92. The third-order valence-electron chi connectivity index (χ3n) is 8.55. The van der Waals surface area contributed by atoms with Gasteiger partial charge in [0, 0.05) is 24.6 Å². The molecule has 10 nitrogen and oxygen atoms in total. The average molecular weight is 607 g/mol. The zero-order valence-corrected chi connectivity index (χ0v) is 25.0. The van der Waals surface area contributed by atoms with E-state index in [-0.39, 0.29) is 17.1 Å². The Bertz CT molecular complexity index is 1740. The minimum absolute atomic E-state index is 0.159. The van der Waals surface area contributed by atoms with Gasteiger partial charge in [0.05, 0.1) is 32.3 Å². The normalized spacial score (nSPS) is 24.3. The molecule has 0 radical (unpaired) electrons. The van der Waals surface area contributed by atoms with Gasteiger partial charge in [0.1, 0.15) is 22.4 Å². The molecule has 3 saturated carbocycles. The summed E-state index contributed by atoms with van der Waals surface area (Å²) in [4.78, 5) is 19.3. The van der Waals surface area contributed by atoms with Gasteiger partial charge in [0.15, 0.2) is 15.6 Å². The van der Waals surface area contributed by atoms with Gasteiger partial charge in [-0.1, -0.05) is 18.2 Å². The number of aliphatic hydroxyl groups is 2. The summed E-state index contributed by atoms with van der Waals surface area (Å²) >= 11 is 1.52. The van der Waals surface area contributed by atoms with Gasteiger partial charge in [-0.05, 0) is 69.6 Å². The number of hydrogen-bond donors (Lipinski definition) is 4. The van der Waals surface area contributed by atoms with Crippen LogP contribution in [0.1, 0.15) is 55.8 Å². The van der Waals surface area contributed by atoms with Crippen molar-refractivity contribution >= 4 is 43.2 Å². The fourth-order valence-electron chi connectivity index (χ4n) is 5.82. The fraction of sp³-hybridized carbons (Fsp3) is 0.467. The number of aromatic nitrogens is 4. The van der Waals surface area contributed by atoms with Crippen LogP contribution in [-0.4, -0.2) is 62.7 Å². The average Bonchev–Trinajstić information content (AvgIpc) is 3.90. The number of sulfone groups is 1. The lowest BCUT2D eigenvalue weighted by Crippen LogP contribution is -2.48. The zero-order valence-electron chi connectivity index (χ0n) is 23.3. The summed E-state index contributed by atoms with van der Waals surface area (Å²) in [6.07, 6.45) is 5.57. The van der Waals surface area contributed by atoms with E-state index in [2.05, 4.69) is 15.6 Å². The number of nitrogens with one attached hydrogen (secondary N) is 2. The van der Waals surface area contributed by atoms with Crippen molar-refractivity contribution in [2.45, 2.75) is 68.1 Å². The summed E-state index contributed by atoms with van der Waals surface area (Å²) in [6.45, 7) is 2.66. The monoisotopic (exact) mass is 606 g/mol. The van der Waals surface area contributed by atoms with Crippen molar-refractivity contribution in [1.82, 2.24) is 19.9 Å². The molecule has 7 rings (SSSR count). The molecule has 1 aromatic carbocycles. The third-order valence-corrected chi connectivity index (χ3v) is 11.4. The number of aliphatic hydroxyl groups excluding tert-OH is 1. The maximum atomic E-state index is 13.1. The van der Waals surface area contributed by atoms with E-state index in [0.717, 1.165) is 35.3 Å². The summed E-state index contributed by atoms with van der Waals surface area (Å²) in [6, 6.07) is 10.2. The zero-order chi connectivity index (χ0) is 29.1. The summed E-state index contributed by atoms with van der Waals surface area (Å²) in [5.74, 6) is 0.921. The highest BCUT2D eigenvalue weighted by Gasteiger charge is 2.49. The van der Waals surface area contributed by atoms with E-state index in [9.17, 15) is 18.6 Å². The highest BCUT2D eigenvalue weighted by molar-refractivity contribution is 7.91. The molecule has 3 aromatic heterocycles. The van der Waals surface area contributed by atoms with Crippen molar-refractivity contribution in [2.24, 2.45) is 11.8 Å². The van der Waals surface area contributed by atoms with Crippen molar-refractivity contribution in [2.75, 3.05) is 22.9 Å². The topological polar surface area (TPSA) is 150 Å². The number of nitrogens with zero attached hydrogens (tertiary/aromatic N) is 4. The fourth-order valence-corrected chi connectivity index (χ4v) is 8.56. The minimum atomic E-state index is -3.64. The highest BCUT2D eigenvalue weighted by atomic mass is 32.2. The summed E-state index contributed by atoms with van der Waals surface area (Å²) in [5, 5.41) is 30.2. The quantitative estimate of drug-likeness (QED) is 0.190. The molecule has 3 unspecified atom stereocenters. The van der Waals surface area contributed by atoms with Gasteiger partial charge in [0.25, 0.3) is 0 Å². The van der Waals surface area contributed by atoms with Crippen LogP contribution in [0.5, 0.6) is 0 Å². The number of benzene rings is 1. The Balaban J connectivity index is 1.22. The summed E-state index contributed by atoms with van der Waals surface area (Å²) < 4.78 is 27.2. The van der Waals surface area contributed by atoms with Gasteiger partial charge in [-0.3, -0.25) is 4.98 Å². The van der Waals surface area contributed by atoms with E-state index in [0.29, 0.717) is 46.3 Å². The molecule has 0 bridgehead atoms. The van der Waals surface area contributed by atoms with Crippen LogP contribution in [0.25, 0.3) is 20.8 Å². The SMILES string of the molecule is Cc1nc(NCC2CC2)nc(NC2(O)CCC(CS(=O)(=O)c3ccccc3)C2O)c1-c1nc2c(C3CC3)nccc2s1. The van der Waals surface area contributed by atoms with Crippen LogP contribution in [0, 0.1) is 18.8 Å². The van der Waals surface area contributed by atoms with E-state index < -0.39 is 27.6 Å². The lowest BCUT2D eigenvalue weighted by Gasteiger charge is -2.31. The van der Waals surface area contributed by atoms with Gasteiger partial charge in [-0.2, -0.15) is 4.98 Å². The lowest BCUT2D eigenvalue weighted by atomic mass is 10.0. The molecule has 42 heavy (non-hydrogen) atoms. The van der Waals surface area contributed by atoms with Crippen molar-refractivity contribution in [3.63, 3.8) is 0 Å². The molecule has 3 aliphatic rings. The Labute approximate surface area is 248 Å². The lowest BCUT2D eigenvalue weighted by molar-refractivity contribution is -0.0442. The number of hydrogen-bond acceptors (Lipinski definition) is 11. The van der Waals surface area contributed by atoms with Crippen LogP contribution in [0.2, 0.25) is 0 Å². The molecule has 0 aliphatic heterocycles. The molecule has 0 saturated heterocycles. The Morgan fingerprint density at radius 3 is 2.57 bits per heavy atom. The van der Waals surface area contributed by atoms with E-state index in [1.807, 2.05) is 19.2 Å². The first-order valence-electron chi connectivity index (χ1n) is 14.5. The Hall–Kier alpha value is -3.19. The number of pyridine rings is 1. The van der Waals surface area contributed by atoms with E-state index in [4.69, 9.17) is 15.0 Å². The minimum Gasteiger partial charge on any atom is -0.388 e. The molecule has 4 aromatic rings. The van der Waals surface area contributed by atoms with Crippen molar-refractivity contribution in [3.8, 4) is 10.6 Å². The molecule has 3 atom stereocenters. The first kappa shape index (κ1) is 27.6. The predicted molar refractivity (Wildman–Crippen MR) is 162 cm³/mol. The molecule has 3 aliphatic carbocycles. The number of rotatable bonds is 10. The van der Waals surface area contributed by atoms with Crippen LogP contribution in [0.3, 0.4) is 0 Å². The number of anilines is 2. The number of aryl methyl sites for hydroxylation is 1.